The van der Waals surface area contributed by atoms with Crippen molar-refractivity contribution in [3.8, 4) is 0 Å². The molecule has 0 aliphatic rings. The summed E-state index contributed by atoms with van der Waals surface area (Å²) in [4.78, 5) is 9.91. The summed E-state index contributed by atoms with van der Waals surface area (Å²) in [6, 6.07) is 2.19. The zero-order valence-electron chi connectivity index (χ0n) is 11.7. The van der Waals surface area contributed by atoms with Crippen LogP contribution in [0.15, 0.2) is 22.2 Å². The van der Waals surface area contributed by atoms with Crippen LogP contribution in [0, 0.1) is 0 Å². The van der Waals surface area contributed by atoms with Crippen LogP contribution in [0.2, 0.25) is 0 Å². The quantitative estimate of drug-likeness (QED) is 0.778. The Morgan fingerprint density at radius 1 is 1.20 bits per heavy atom. The average Bonchev–Trinajstić information content (AvgIpc) is 2.92. The van der Waals surface area contributed by atoms with E-state index in [0.717, 1.165) is 42.0 Å². The zero-order chi connectivity index (χ0) is 14.4. The van der Waals surface area contributed by atoms with Crippen molar-refractivity contribution in [2.75, 3.05) is 17.2 Å². The molecular weight excluding hydrogens is 336 g/mol. The van der Waals surface area contributed by atoms with E-state index in [-0.39, 0.29) is 0 Å². The Bertz CT molecular complexity index is 556. The molecule has 0 saturated carbocycles. The largest absolute Gasteiger partial charge is 0.369 e. The summed E-state index contributed by atoms with van der Waals surface area (Å²) in [6.07, 6.45) is 3.71. The first-order valence-corrected chi connectivity index (χ1v) is 8.47. The Labute approximate surface area is 132 Å². The SMILES string of the molecule is CCCNc1ncnc(NCc2sccc2CC)c1Br. The van der Waals surface area contributed by atoms with E-state index in [1.807, 2.05) is 0 Å². The first-order valence-electron chi connectivity index (χ1n) is 6.79. The first kappa shape index (κ1) is 15.3. The number of hydrogen-bond acceptors (Lipinski definition) is 5. The van der Waals surface area contributed by atoms with Crippen LogP contribution in [0.1, 0.15) is 30.7 Å². The van der Waals surface area contributed by atoms with Gasteiger partial charge in [0.25, 0.3) is 0 Å². The molecule has 4 nitrogen and oxygen atoms in total. The lowest BCUT2D eigenvalue weighted by molar-refractivity contribution is 0.960. The minimum Gasteiger partial charge on any atom is -0.369 e. The molecule has 0 aromatic carbocycles. The fraction of sp³-hybridized carbons (Fsp3) is 0.429. The molecule has 2 heterocycles. The maximum absolute atomic E-state index is 4.30. The fourth-order valence-electron chi connectivity index (χ4n) is 1.86. The molecule has 0 spiro atoms. The summed E-state index contributed by atoms with van der Waals surface area (Å²) in [5.74, 6) is 1.67. The van der Waals surface area contributed by atoms with Crippen molar-refractivity contribution >= 4 is 38.9 Å². The molecule has 0 atom stereocenters. The van der Waals surface area contributed by atoms with Crippen LogP contribution >= 0.6 is 27.3 Å². The van der Waals surface area contributed by atoms with Gasteiger partial charge in [0.2, 0.25) is 0 Å². The van der Waals surface area contributed by atoms with Crippen LogP contribution in [-0.4, -0.2) is 16.5 Å². The van der Waals surface area contributed by atoms with Gasteiger partial charge >= 0.3 is 0 Å². The Balaban J connectivity index is 2.06. The molecule has 0 radical (unpaired) electrons. The van der Waals surface area contributed by atoms with Gasteiger partial charge in [-0.3, -0.25) is 0 Å². The van der Waals surface area contributed by atoms with E-state index in [2.05, 4.69) is 61.8 Å². The Kier molecular flexibility index (Phi) is 5.79. The highest BCUT2D eigenvalue weighted by atomic mass is 79.9. The number of thiophene rings is 1. The van der Waals surface area contributed by atoms with E-state index in [1.165, 1.54) is 10.4 Å². The van der Waals surface area contributed by atoms with Crippen LogP contribution in [0.3, 0.4) is 0 Å². The van der Waals surface area contributed by atoms with Crippen LogP contribution in [0.5, 0.6) is 0 Å². The van der Waals surface area contributed by atoms with Gasteiger partial charge in [-0.1, -0.05) is 13.8 Å². The normalized spacial score (nSPS) is 10.6. The van der Waals surface area contributed by atoms with E-state index < -0.39 is 0 Å². The van der Waals surface area contributed by atoms with E-state index >= 15 is 0 Å². The number of nitrogens with zero attached hydrogens (tertiary/aromatic N) is 2. The monoisotopic (exact) mass is 354 g/mol. The minimum atomic E-state index is 0.795. The van der Waals surface area contributed by atoms with Gasteiger partial charge in [0.05, 0.1) is 6.54 Å². The zero-order valence-corrected chi connectivity index (χ0v) is 14.1. The van der Waals surface area contributed by atoms with E-state index in [9.17, 15) is 0 Å². The number of aromatic nitrogens is 2. The second kappa shape index (κ2) is 7.59. The maximum Gasteiger partial charge on any atom is 0.146 e. The first-order chi connectivity index (χ1) is 9.76. The molecule has 0 saturated heterocycles. The van der Waals surface area contributed by atoms with Crippen molar-refractivity contribution in [1.29, 1.82) is 0 Å². The number of hydrogen-bond donors (Lipinski definition) is 2. The lowest BCUT2D eigenvalue weighted by Gasteiger charge is -2.11. The molecule has 0 unspecified atom stereocenters. The molecule has 2 N–H and O–H groups in total. The van der Waals surface area contributed by atoms with E-state index in [1.54, 1.807) is 17.7 Å². The highest BCUT2D eigenvalue weighted by molar-refractivity contribution is 9.10. The minimum absolute atomic E-state index is 0.795. The van der Waals surface area contributed by atoms with Gasteiger partial charge in [-0.05, 0) is 45.8 Å². The predicted octanol–water partition coefficient (Wildman–Crippen LogP) is 4.30. The summed E-state index contributed by atoms with van der Waals surface area (Å²) in [6.45, 7) is 6.01. The third-order valence-corrected chi connectivity index (χ3v) is 4.68. The second-order valence-corrected chi connectivity index (χ2v) is 6.18. The van der Waals surface area contributed by atoms with E-state index in [4.69, 9.17) is 0 Å². The standard InChI is InChI=1S/C14H19BrN4S/c1-3-6-16-13-12(15)14(19-9-18-13)17-8-11-10(4-2)5-7-20-11/h5,7,9H,3-4,6,8H2,1-2H3,(H2,16,17,18,19). The lowest BCUT2D eigenvalue weighted by atomic mass is 10.2. The number of anilines is 2. The molecule has 2 aromatic rings. The number of rotatable bonds is 7. The molecule has 2 rings (SSSR count). The average molecular weight is 355 g/mol. The fourth-order valence-corrected chi connectivity index (χ4v) is 3.26. The van der Waals surface area contributed by atoms with Crippen LogP contribution in [0.25, 0.3) is 0 Å². The van der Waals surface area contributed by atoms with Gasteiger partial charge < -0.3 is 10.6 Å². The summed E-state index contributed by atoms with van der Waals surface area (Å²) in [5.41, 5.74) is 1.40. The van der Waals surface area contributed by atoms with Gasteiger partial charge in [0.15, 0.2) is 0 Å². The molecule has 0 bridgehead atoms. The number of nitrogens with one attached hydrogen (secondary N) is 2. The Hall–Kier alpha value is -1.14. The maximum atomic E-state index is 4.30. The molecule has 108 valence electrons. The molecule has 0 aliphatic carbocycles. The summed E-state index contributed by atoms with van der Waals surface area (Å²) >= 11 is 5.35. The van der Waals surface area contributed by atoms with Crippen LogP contribution in [-0.2, 0) is 13.0 Å². The van der Waals surface area contributed by atoms with Crippen LogP contribution in [0.4, 0.5) is 11.6 Å². The number of aryl methyl sites for hydroxylation is 1. The van der Waals surface area contributed by atoms with Gasteiger partial charge in [-0.25, -0.2) is 9.97 Å². The molecule has 20 heavy (non-hydrogen) atoms. The van der Waals surface area contributed by atoms with E-state index in [0.29, 0.717) is 0 Å². The van der Waals surface area contributed by atoms with Gasteiger partial charge in [-0.2, -0.15) is 0 Å². The molecule has 2 aromatic heterocycles. The summed E-state index contributed by atoms with van der Waals surface area (Å²) in [5, 5.41) is 8.80. The molecule has 0 aliphatic heterocycles. The second-order valence-electron chi connectivity index (χ2n) is 4.39. The van der Waals surface area contributed by atoms with Crippen LogP contribution < -0.4 is 10.6 Å². The van der Waals surface area contributed by atoms with Crippen molar-refractivity contribution in [3.05, 3.63) is 32.7 Å². The highest BCUT2D eigenvalue weighted by Gasteiger charge is 2.09. The van der Waals surface area contributed by atoms with Crippen molar-refractivity contribution in [2.24, 2.45) is 0 Å². The Morgan fingerprint density at radius 2 is 1.95 bits per heavy atom. The summed E-state index contributed by atoms with van der Waals surface area (Å²) < 4.78 is 0.892. The van der Waals surface area contributed by atoms with Gasteiger partial charge in [0, 0.05) is 11.4 Å². The van der Waals surface area contributed by atoms with Crippen molar-refractivity contribution in [2.45, 2.75) is 33.2 Å². The number of halogens is 1. The van der Waals surface area contributed by atoms with Gasteiger partial charge in [0.1, 0.15) is 22.4 Å². The van der Waals surface area contributed by atoms with Gasteiger partial charge in [-0.15, -0.1) is 11.3 Å². The third-order valence-electron chi connectivity index (χ3n) is 2.97. The third kappa shape index (κ3) is 3.70. The predicted molar refractivity (Wildman–Crippen MR) is 89.5 cm³/mol. The summed E-state index contributed by atoms with van der Waals surface area (Å²) in [7, 11) is 0. The van der Waals surface area contributed by atoms with Crippen molar-refractivity contribution in [1.82, 2.24) is 9.97 Å². The smallest absolute Gasteiger partial charge is 0.146 e. The Morgan fingerprint density at radius 3 is 2.65 bits per heavy atom. The van der Waals surface area contributed by atoms with Crippen molar-refractivity contribution in [3.63, 3.8) is 0 Å². The van der Waals surface area contributed by atoms with Crippen molar-refractivity contribution < 1.29 is 0 Å². The molecular formula is C14H19BrN4S. The lowest BCUT2D eigenvalue weighted by Crippen LogP contribution is -2.07. The topological polar surface area (TPSA) is 49.8 Å². The highest BCUT2D eigenvalue weighted by Crippen LogP contribution is 2.27. The molecule has 0 fully saturated rings. The molecule has 0 amide bonds. The molecule has 6 heteroatoms.